The van der Waals surface area contributed by atoms with Gasteiger partial charge in [-0.25, -0.2) is 4.79 Å². The highest BCUT2D eigenvalue weighted by molar-refractivity contribution is 8.00. The molecule has 1 aromatic heterocycles. The van der Waals surface area contributed by atoms with E-state index in [1.165, 1.54) is 30.2 Å². The van der Waals surface area contributed by atoms with E-state index in [1.807, 2.05) is 12.1 Å². The molecule has 0 spiro atoms. The number of aromatic nitrogens is 2. The van der Waals surface area contributed by atoms with Crippen molar-refractivity contribution in [3.63, 3.8) is 0 Å². The maximum Gasteiger partial charge on any atom is 0.337 e. The Morgan fingerprint density at radius 2 is 1.74 bits per heavy atom. The van der Waals surface area contributed by atoms with Crippen molar-refractivity contribution in [2.24, 2.45) is 0 Å². The number of carbonyl (C=O) groups excluding carboxylic acids is 2. The summed E-state index contributed by atoms with van der Waals surface area (Å²) in [6, 6.07) is 13.8. The first-order valence-corrected chi connectivity index (χ1v) is 9.93. The molecule has 27 heavy (non-hydrogen) atoms. The predicted molar refractivity (Wildman–Crippen MR) is 107 cm³/mol. The third kappa shape index (κ3) is 5.29. The number of hydrogen-bond acceptors (Lipinski definition) is 7. The second kappa shape index (κ2) is 8.98. The van der Waals surface area contributed by atoms with Crippen LogP contribution < -0.4 is 5.32 Å². The molecule has 2 aromatic carbocycles. The van der Waals surface area contributed by atoms with E-state index in [0.717, 1.165) is 9.90 Å². The van der Waals surface area contributed by atoms with E-state index >= 15 is 0 Å². The van der Waals surface area contributed by atoms with Crippen LogP contribution in [0.5, 0.6) is 0 Å². The summed E-state index contributed by atoms with van der Waals surface area (Å²) in [7, 11) is 1.35. The Balaban J connectivity index is 1.55. The number of benzene rings is 2. The number of ether oxygens (including phenoxy) is 1. The monoisotopic (exact) mass is 419 g/mol. The molecule has 3 rings (SSSR count). The lowest BCUT2D eigenvalue weighted by molar-refractivity contribution is 0.0600. The third-order valence-electron chi connectivity index (χ3n) is 3.47. The Bertz CT molecular complexity index is 943. The van der Waals surface area contributed by atoms with Crippen LogP contribution in [0.3, 0.4) is 0 Å². The molecule has 0 aliphatic heterocycles. The molecule has 1 amide bonds. The van der Waals surface area contributed by atoms with Crippen LogP contribution in [0.2, 0.25) is 5.02 Å². The molecular weight excluding hydrogens is 406 g/mol. The molecule has 0 aliphatic rings. The SMILES string of the molecule is COC(=O)c1ccc(CSc2nnc(NC(=O)c3ccc(Cl)cc3)s2)cc1. The molecule has 0 atom stereocenters. The average molecular weight is 420 g/mol. The smallest absolute Gasteiger partial charge is 0.337 e. The summed E-state index contributed by atoms with van der Waals surface area (Å²) in [5.41, 5.74) is 2.04. The number of nitrogens with zero attached hydrogens (tertiary/aromatic N) is 2. The molecule has 0 fully saturated rings. The second-order valence-electron chi connectivity index (χ2n) is 5.31. The molecule has 0 unspecified atom stereocenters. The normalized spacial score (nSPS) is 10.4. The first kappa shape index (κ1) is 19.3. The Hall–Kier alpha value is -2.42. The predicted octanol–water partition coefficient (Wildman–Crippen LogP) is 4.52. The Morgan fingerprint density at radius 1 is 1.07 bits per heavy atom. The molecule has 6 nitrogen and oxygen atoms in total. The van der Waals surface area contributed by atoms with Gasteiger partial charge in [0.1, 0.15) is 0 Å². The van der Waals surface area contributed by atoms with Crippen LogP contribution in [0.4, 0.5) is 5.13 Å². The van der Waals surface area contributed by atoms with Crippen molar-refractivity contribution in [1.82, 2.24) is 10.2 Å². The summed E-state index contributed by atoms with van der Waals surface area (Å²) in [5.74, 6) is 0.0402. The van der Waals surface area contributed by atoms with Gasteiger partial charge >= 0.3 is 5.97 Å². The van der Waals surface area contributed by atoms with Gasteiger partial charge in [0.15, 0.2) is 4.34 Å². The highest BCUT2D eigenvalue weighted by atomic mass is 35.5. The first-order valence-electron chi connectivity index (χ1n) is 7.75. The molecule has 138 valence electrons. The maximum atomic E-state index is 12.2. The topological polar surface area (TPSA) is 81.2 Å². The lowest BCUT2D eigenvalue weighted by Gasteiger charge is -2.02. The van der Waals surface area contributed by atoms with Gasteiger partial charge in [-0.1, -0.05) is 46.8 Å². The van der Waals surface area contributed by atoms with Crippen LogP contribution in [-0.2, 0) is 10.5 Å². The molecule has 1 N–H and O–H groups in total. The van der Waals surface area contributed by atoms with Gasteiger partial charge in [-0.15, -0.1) is 10.2 Å². The number of amides is 1. The number of methoxy groups -OCH3 is 1. The van der Waals surface area contributed by atoms with Crippen LogP contribution >= 0.6 is 34.7 Å². The van der Waals surface area contributed by atoms with Gasteiger partial charge in [-0.3, -0.25) is 10.1 Å². The molecule has 0 saturated carbocycles. The van der Waals surface area contributed by atoms with Crippen molar-refractivity contribution in [2.45, 2.75) is 10.1 Å². The third-order valence-corrected chi connectivity index (χ3v) is 5.77. The van der Waals surface area contributed by atoms with Crippen LogP contribution in [0.1, 0.15) is 26.3 Å². The van der Waals surface area contributed by atoms with Crippen LogP contribution in [0.15, 0.2) is 52.9 Å². The summed E-state index contributed by atoms with van der Waals surface area (Å²) in [6.45, 7) is 0. The zero-order chi connectivity index (χ0) is 19.2. The van der Waals surface area contributed by atoms with Crippen LogP contribution in [-0.4, -0.2) is 29.2 Å². The number of carbonyl (C=O) groups is 2. The molecular formula is C18H14ClN3O3S2. The largest absolute Gasteiger partial charge is 0.465 e. The van der Waals surface area contributed by atoms with Gasteiger partial charge < -0.3 is 4.74 Å². The number of anilines is 1. The van der Waals surface area contributed by atoms with Crippen LogP contribution in [0, 0.1) is 0 Å². The van der Waals surface area contributed by atoms with Gasteiger partial charge in [0, 0.05) is 16.3 Å². The van der Waals surface area contributed by atoms with Gasteiger partial charge in [-0.05, 0) is 42.0 Å². The van der Waals surface area contributed by atoms with E-state index in [4.69, 9.17) is 11.6 Å². The number of halogens is 1. The van der Waals surface area contributed by atoms with E-state index < -0.39 is 0 Å². The van der Waals surface area contributed by atoms with E-state index in [2.05, 4.69) is 20.3 Å². The van der Waals surface area contributed by atoms with E-state index in [9.17, 15) is 9.59 Å². The fourth-order valence-electron chi connectivity index (χ4n) is 2.09. The van der Waals surface area contributed by atoms with Gasteiger partial charge in [0.05, 0.1) is 12.7 Å². The van der Waals surface area contributed by atoms with E-state index in [-0.39, 0.29) is 11.9 Å². The van der Waals surface area contributed by atoms with Gasteiger partial charge in [0.2, 0.25) is 5.13 Å². The number of esters is 1. The molecule has 1 heterocycles. The lowest BCUT2D eigenvalue weighted by atomic mass is 10.1. The molecule has 0 bridgehead atoms. The molecule has 0 saturated heterocycles. The Morgan fingerprint density at radius 3 is 2.41 bits per heavy atom. The van der Waals surface area contributed by atoms with Crippen molar-refractivity contribution in [2.75, 3.05) is 12.4 Å². The standard InChI is InChI=1S/C18H14ClN3O3S2/c1-25-16(24)13-4-2-11(3-5-13)10-26-18-22-21-17(27-18)20-15(23)12-6-8-14(19)9-7-12/h2-9H,10H2,1H3,(H,20,21,23). The zero-order valence-corrected chi connectivity index (χ0v) is 16.5. The fraction of sp³-hybridized carbons (Fsp3) is 0.111. The van der Waals surface area contributed by atoms with Crippen molar-refractivity contribution in [3.05, 3.63) is 70.2 Å². The average Bonchev–Trinajstić information content (AvgIpc) is 3.14. The highest BCUT2D eigenvalue weighted by Crippen LogP contribution is 2.28. The summed E-state index contributed by atoms with van der Waals surface area (Å²) < 4.78 is 5.41. The molecule has 0 radical (unpaired) electrons. The maximum absolute atomic E-state index is 12.2. The van der Waals surface area contributed by atoms with E-state index in [0.29, 0.717) is 27.0 Å². The number of nitrogens with one attached hydrogen (secondary N) is 1. The minimum absolute atomic E-state index is 0.266. The highest BCUT2D eigenvalue weighted by Gasteiger charge is 2.11. The quantitative estimate of drug-likeness (QED) is 0.359. The minimum Gasteiger partial charge on any atom is -0.465 e. The van der Waals surface area contributed by atoms with Crippen molar-refractivity contribution < 1.29 is 14.3 Å². The van der Waals surface area contributed by atoms with Crippen molar-refractivity contribution in [1.29, 1.82) is 0 Å². The van der Waals surface area contributed by atoms with Gasteiger partial charge in [0.25, 0.3) is 5.91 Å². The number of rotatable bonds is 6. The Labute approximate surface area is 168 Å². The summed E-state index contributed by atoms with van der Waals surface area (Å²) in [6.07, 6.45) is 0. The summed E-state index contributed by atoms with van der Waals surface area (Å²) >= 11 is 8.62. The number of hydrogen-bond donors (Lipinski definition) is 1. The molecule has 3 aromatic rings. The van der Waals surface area contributed by atoms with Gasteiger partial charge in [-0.2, -0.15) is 0 Å². The van der Waals surface area contributed by atoms with Crippen molar-refractivity contribution >= 4 is 51.7 Å². The number of thioether (sulfide) groups is 1. The fourth-order valence-corrected chi connectivity index (χ4v) is 3.92. The Kier molecular flexibility index (Phi) is 6.44. The van der Waals surface area contributed by atoms with Crippen LogP contribution in [0.25, 0.3) is 0 Å². The summed E-state index contributed by atoms with van der Waals surface area (Å²) in [5, 5.41) is 11.8. The first-order chi connectivity index (χ1) is 13.0. The lowest BCUT2D eigenvalue weighted by Crippen LogP contribution is -2.11. The minimum atomic E-state index is -0.362. The van der Waals surface area contributed by atoms with E-state index in [1.54, 1.807) is 36.4 Å². The zero-order valence-electron chi connectivity index (χ0n) is 14.1. The summed E-state index contributed by atoms with van der Waals surface area (Å²) in [4.78, 5) is 23.6. The molecule has 0 aliphatic carbocycles. The molecule has 9 heteroatoms. The second-order valence-corrected chi connectivity index (χ2v) is 7.95. The van der Waals surface area contributed by atoms with Crippen molar-refractivity contribution in [3.8, 4) is 0 Å².